The van der Waals surface area contributed by atoms with Gasteiger partial charge in [0.2, 0.25) is 0 Å². The van der Waals surface area contributed by atoms with Crippen LogP contribution in [0.25, 0.3) is 0 Å². The fourth-order valence-electron chi connectivity index (χ4n) is 2.11. The predicted molar refractivity (Wildman–Crippen MR) is 89.1 cm³/mol. The molecular weight excluding hydrogens is 314 g/mol. The van der Waals surface area contributed by atoms with Crippen LogP contribution in [0.2, 0.25) is 0 Å². The summed E-state index contributed by atoms with van der Waals surface area (Å²) in [5.74, 6) is 0.820. The molecule has 0 amide bonds. The fourth-order valence-corrected chi connectivity index (χ4v) is 2.66. The molecule has 5 nitrogen and oxygen atoms in total. The Morgan fingerprint density at radius 3 is 2.48 bits per heavy atom. The van der Waals surface area contributed by atoms with E-state index in [2.05, 4.69) is 4.90 Å². The zero-order valence-electron chi connectivity index (χ0n) is 13.2. The van der Waals surface area contributed by atoms with Gasteiger partial charge in [-0.1, -0.05) is 30.3 Å². The number of rotatable bonds is 7. The largest absolute Gasteiger partial charge is 0.492 e. The normalized spacial score (nSPS) is 13.0. The van der Waals surface area contributed by atoms with Crippen LogP contribution in [0.4, 0.5) is 0 Å². The highest BCUT2D eigenvalue weighted by atomic mass is 32.2. The van der Waals surface area contributed by atoms with Gasteiger partial charge in [0, 0.05) is 12.6 Å². The quantitative estimate of drug-likeness (QED) is 0.788. The lowest BCUT2D eigenvalue weighted by Gasteiger charge is -2.25. The molecule has 0 heterocycles. The molecule has 0 aromatic heterocycles. The van der Waals surface area contributed by atoms with Crippen molar-refractivity contribution in [3.63, 3.8) is 0 Å². The molecule has 0 saturated carbocycles. The highest BCUT2D eigenvalue weighted by molar-refractivity contribution is 7.85. The summed E-state index contributed by atoms with van der Waals surface area (Å²) in [5, 5.41) is 0. The van der Waals surface area contributed by atoms with Gasteiger partial charge in [-0.3, -0.25) is 9.45 Å². The second-order valence-corrected chi connectivity index (χ2v) is 6.93. The van der Waals surface area contributed by atoms with E-state index >= 15 is 0 Å². The van der Waals surface area contributed by atoms with E-state index < -0.39 is 10.1 Å². The van der Waals surface area contributed by atoms with Crippen molar-refractivity contribution < 1.29 is 17.7 Å². The van der Waals surface area contributed by atoms with Crippen molar-refractivity contribution in [1.82, 2.24) is 4.90 Å². The maximum Gasteiger partial charge on any atom is 0.294 e. The lowest BCUT2D eigenvalue weighted by molar-refractivity contribution is 0.167. The molecule has 124 valence electrons. The molecule has 1 atom stereocenters. The maximum absolute atomic E-state index is 11.2. The van der Waals surface area contributed by atoms with E-state index in [0.717, 1.165) is 11.3 Å². The van der Waals surface area contributed by atoms with E-state index in [1.165, 1.54) is 12.1 Å². The molecule has 1 N–H and O–H groups in total. The third kappa shape index (κ3) is 5.35. The first-order valence-corrected chi connectivity index (χ1v) is 8.75. The van der Waals surface area contributed by atoms with E-state index in [0.29, 0.717) is 13.2 Å². The Labute approximate surface area is 137 Å². The second-order valence-electron chi connectivity index (χ2n) is 5.51. The molecule has 0 spiro atoms. The monoisotopic (exact) mass is 335 g/mol. The topological polar surface area (TPSA) is 66.8 Å². The van der Waals surface area contributed by atoms with Crippen LogP contribution >= 0.6 is 0 Å². The van der Waals surface area contributed by atoms with Crippen molar-refractivity contribution in [3.8, 4) is 5.75 Å². The molecule has 0 aliphatic carbocycles. The summed E-state index contributed by atoms with van der Waals surface area (Å²) >= 11 is 0. The van der Waals surface area contributed by atoms with Gasteiger partial charge in [0.15, 0.2) is 0 Å². The van der Waals surface area contributed by atoms with E-state index in [1.807, 2.05) is 50.4 Å². The average Bonchev–Trinajstić information content (AvgIpc) is 2.53. The average molecular weight is 335 g/mol. The van der Waals surface area contributed by atoms with Gasteiger partial charge in [0.25, 0.3) is 10.1 Å². The maximum atomic E-state index is 11.2. The number of para-hydroxylation sites is 1. The first-order valence-electron chi connectivity index (χ1n) is 7.31. The molecule has 0 bridgehead atoms. The Morgan fingerprint density at radius 2 is 1.83 bits per heavy atom. The van der Waals surface area contributed by atoms with Gasteiger partial charge in [0.1, 0.15) is 12.4 Å². The second kappa shape index (κ2) is 7.59. The molecule has 0 saturated heterocycles. The summed E-state index contributed by atoms with van der Waals surface area (Å²) in [7, 11) is -2.23. The van der Waals surface area contributed by atoms with Crippen LogP contribution in [0.1, 0.15) is 12.5 Å². The first-order chi connectivity index (χ1) is 10.9. The Kier molecular flexibility index (Phi) is 5.76. The Balaban J connectivity index is 1.94. The molecule has 1 unspecified atom stereocenters. The van der Waals surface area contributed by atoms with Crippen LogP contribution < -0.4 is 4.74 Å². The minimum Gasteiger partial charge on any atom is -0.492 e. The zero-order chi connectivity index (χ0) is 16.9. The van der Waals surface area contributed by atoms with Crippen molar-refractivity contribution in [2.45, 2.75) is 24.4 Å². The number of ether oxygens (including phenoxy) is 1. The number of nitrogens with zero attached hydrogens (tertiary/aromatic N) is 1. The van der Waals surface area contributed by atoms with Crippen LogP contribution in [0.15, 0.2) is 59.5 Å². The van der Waals surface area contributed by atoms with Crippen molar-refractivity contribution in [3.05, 3.63) is 60.2 Å². The van der Waals surface area contributed by atoms with Crippen LogP contribution in [0.3, 0.4) is 0 Å². The minimum absolute atomic E-state index is 0.0865. The molecule has 6 heteroatoms. The molecule has 0 fully saturated rings. The van der Waals surface area contributed by atoms with Crippen LogP contribution in [0, 0.1) is 0 Å². The van der Waals surface area contributed by atoms with Crippen LogP contribution in [-0.2, 0) is 16.7 Å². The Morgan fingerprint density at radius 1 is 1.13 bits per heavy atom. The van der Waals surface area contributed by atoms with E-state index in [9.17, 15) is 8.42 Å². The first kappa shape index (κ1) is 17.5. The highest BCUT2D eigenvalue weighted by Crippen LogP contribution is 2.14. The molecule has 23 heavy (non-hydrogen) atoms. The summed E-state index contributed by atoms with van der Waals surface area (Å²) in [4.78, 5) is 1.98. The summed E-state index contributed by atoms with van der Waals surface area (Å²) in [6, 6.07) is 16.0. The van der Waals surface area contributed by atoms with Gasteiger partial charge >= 0.3 is 0 Å². The minimum atomic E-state index is -4.17. The number of benzene rings is 2. The van der Waals surface area contributed by atoms with E-state index in [1.54, 1.807) is 6.07 Å². The van der Waals surface area contributed by atoms with Gasteiger partial charge in [0.05, 0.1) is 4.90 Å². The molecule has 0 aliphatic heterocycles. The van der Waals surface area contributed by atoms with Gasteiger partial charge in [-0.05, 0) is 43.8 Å². The van der Waals surface area contributed by atoms with Crippen molar-refractivity contribution >= 4 is 10.1 Å². The zero-order valence-corrected chi connectivity index (χ0v) is 14.0. The molecule has 2 aromatic carbocycles. The number of hydrogen-bond donors (Lipinski definition) is 1. The number of likely N-dealkylation sites (N-methyl/N-ethyl adjacent to an activating group) is 1. The molecule has 2 aromatic rings. The molecule has 0 aliphatic rings. The summed E-state index contributed by atoms with van der Waals surface area (Å²) < 4.78 is 37.2. The lowest BCUT2D eigenvalue weighted by Crippen LogP contribution is -2.33. The van der Waals surface area contributed by atoms with Crippen molar-refractivity contribution in [2.24, 2.45) is 0 Å². The van der Waals surface area contributed by atoms with Gasteiger partial charge < -0.3 is 4.74 Å². The van der Waals surface area contributed by atoms with Gasteiger partial charge in [-0.2, -0.15) is 8.42 Å². The SMILES string of the molecule is CC(COc1ccccc1)N(C)Cc1cccc(S(=O)(=O)O)c1. The summed E-state index contributed by atoms with van der Waals surface area (Å²) in [5.41, 5.74) is 0.814. The van der Waals surface area contributed by atoms with Crippen molar-refractivity contribution in [2.75, 3.05) is 13.7 Å². The number of hydrogen-bond acceptors (Lipinski definition) is 4. The Hall–Kier alpha value is -1.89. The smallest absolute Gasteiger partial charge is 0.294 e. The molecule has 0 radical (unpaired) electrons. The van der Waals surface area contributed by atoms with Crippen molar-refractivity contribution in [1.29, 1.82) is 0 Å². The third-order valence-electron chi connectivity index (χ3n) is 3.62. The third-order valence-corrected chi connectivity index (χ3v) is 4.46. The molecular formula is C17H21NO4S. The van der Waals surface area contributed by atoms with Crippen LogP contribution in [-0.4, -0.2) is 37.6 Å². The highest BCUT2D eigenvalue weighted by Gasteiger charge is 2.13. The van der Waals surface area contributed by atoms with Gasteiger partial charge in [-0.25, -0.2) is 0 Å². The lowest BCUT2D eigenvalue weighted by atomic mass is 10.2. The predicted octanol–water partition coefficient (Wildman–Crippen LogP) is 2.83. The Bertz CT molecular complexity index is 731. The fraction of sp³-hybridized carbons (Fsp3) is 0.294. The van der Waals surface area contributed by atoms with E-state index in [-0.39, 0.29) is 10.9 Å². The standard InChI is InChI=1S/C17H21NO4S/c1-14(13-22-16-8-4-3-5-9-16)18(2)12-15-7-6-10-17(11-15)23(19,20)21/h3-11,14H,12-13H2,1-2H3,(H,19,20,21). The molecule has 2 rings (SSSR count). The van der Waals surface area contributed by atoms with E-state index in [4.69, 9.17) is 9.29 Å². The summed E-state index contributed by atoms with van der Waals surface area (Å²) in [6.07, 6.45) is 0. The van der Waals surface area contributed by atoms with Gasteiger partial charge in [-0.15, -0.1) is 0 Å². The summed E-state index contributed by atoms with van der Waals surface area (Å²) in [6.45, 7) is 3.12. The van der Waals surface area contributed by atoms with Crippen LogP contribution in [0.5, 0.6) is 5.75 Å².